The van der Waals surface area contributed by atoms with Crippen molar-refractivity contribution >= 4 is 60.7 Å². The Bertz CT molecular complexity index is 997. The van der Waals surface area contributed by atoms with E-state index in [9.17, 15) is 5.11 Å². The van der Waals surface area contributed by atoms with Crippen LogP contribution in [0.4, 0.5) is 0 Å². The van der Waals surface area contributed by atoms with Crippen molar-refractivity contribution in [2.45, 2.75) is 45.1 Å². The van der Waals surface area contributed by atoms with E-state index in [2.05, 4.69) is 36.4 Å². The molecule has 0 radical (unpaired) electrons. The maximum Gasteiger partial charge on any atom is 0.461 e. The maximum atomic E-state index is 10.0. The minimum atomic E-state index is -2.94. The van der Waals surface area contributed by atoms with E-state index in [1.807, 2.05) is 30.3 Å². The second-order valence-electron chi connectivity index (χ2n) is 7.16. The molecule has 0 aliphatic heterocycles. The molecule has 0 fully saturated rings. The number of rotatable bonds is 13. The van der Waals surface area contributed by atoms with Crippen molar-refractivity contribution in [2.75, 3.05) is 6.61 Å². The van der Waals surface area contributed by atoms with E-state index >= 15 is 0 Å². The first-order chi connectivity index (χ1) is 15.6. The molecule has 2 aromatic carbocycles. The first-order valence-electron chi connectivity index (χ1n) is 10.4. The fraction of sp³-hybridized carbons (Fsp3) is 0.348. The molecule has 0 heterocycles. The normalized spacial score (nSPS) is 11.9. The molecule has 0 unspecified atom stereocenters. The third-order valence-corrected chi connectivity index (χ3v) is 8.10. The van der Waals surface area contributed by atoms with Gasteiger partial charge in [-0.25, -0.2) is 14.0 Å². The number of aryl methyl sites for hydroxylation is 1. The third-order valence-electron chi connectivity index (χ3n) is 4.90. The third kappa shape index (κ3) is 7.97. The van der Waals surface area contributed by atoms with Gasteiger partial charge in [0.1, 0.15) is 11.5 Å². The smallest absolute Gasteiger partial charge is 0.461 e. The number of unbranched alkanes of at least 4 members (excludes halogenated alkanes) is 2. The number of phenolic OH excluding ortho intramolecular Hbond substituents is 1. The van der Waals surface area contributed by atoms with E-state index in [0.717, 1.165) is 35.5 Å². The van der Waals surface area contributed by atoms with Crippen LogP contribution in [0.5, 0.6) is 11.5 Å². The van der Waals surface area contributed by atoms with Gasteiger partial charge in [-0.05, 0) is 96.9 Å². The predicted octanol–water partition coefficient (Wildman–Crippen LogP) is 6.81. The lowest BCUT2D eigenvalue weighted by molar-refractivity contribution is 0.306. The van der Waals surface area contributed by atoms with Crippen LogP contribution in [-0.4, -0.2) is 35.8 Å². The van der Waals surface area contributed by atoms with Crippen LogP contribution in [0.15, 0.2) is 56.4 Å². The molecular weight excluding hydrogens is 475 g/mol. The number of benzene rings is 2. The van der Waals surface area contributed by atoms with Crippen LogP contribution < -0.4 is 4.74 Å². The van der Waals surface area contributed by atoms with Gasteiger partial charge >= 0.3 is 8.56 Å². The highest BCUT2D eigenvalue weighted by atomic mass is 32.1. The molecule has 0 aliphatic rings. The average molecular weight is 500 g/mol. The Hall–Kier alpha value is -2.34. The Morgan fingerprint density at radius 1 is 0.906 bits per heavy atom. The lowest BCUT2D eigenvalue weighted by Crippen LogP contribution is -2.27. The quantitative estimate of drug-likeness (QED) is 0.142. The van der Waals surface area contributed by atoms with Crippen LogP contribution in [0, 0.1) is 0 Å². The zero-order valence-corrected chi connectivity index (χ0v) is 21.4. The molecule has 0 amide bonds. The van der Waals surface area contributed by atoms with Gasteiger partial charge in [0.25, 0.3) is 0 Å². The van der Waals surface area contributed by atoms with Gasteiger partial charge in [0.05, 0.1) is 22.1 Å². The van der Waals surface area contributed by atoms with Crippen LogP contribution in [0.3, 0.4) is 0 Å². The number of nitrogens with zero attached hydrogens (tertiary/aromatic N) is 3. The van der Waals surface area contributed by atoms with Crippen molar-refractivity contribution < 1.29 is 9.84 Å². The zero-order chi connectivity index (χ0) is 23.2. The summed E-state index contributed by atoms with van der Waals surface area (Å²) in [6, 6.07) is 14.0. The molecule has 0 saturated carbocycles. The molecule has 1 N–H and O–H groups in total. The summed E-state index contributed by atoms with van der Waals surface area (Å²) in [6.07, 6.45) is 4.77. The topological polar surface area (TPSA) is 66.5 Å². The van der Waals surface area contributed by atoms with Gasteiger partial charge in [0.2, 0.25) is 0 Å². The summed E-state index contributed by atoms with van der Waals surface area (Å²) >= 11 is 14.3. The highest BCUT2D eigenvalue weighted by Gasteiger charge is 2.33. The van der Waals surface area contributed by atoms with Gasteiger partial charge in [0, 0.05) is 6.04 Å². The molecule has 2 rings (SSSR count). The SMILES string of the molecule is CCCCCOc1ccc(-c2ccc(O)cc2CCC[Si](N=C=S)(N=C=S)N=C=S)cc1. The second-order valence-corrected chi connectivity index (χ2v) is 10.4. The molecule has 0 aromatic heterocycles. The van der Waals surface area contributed by atoms with E-state index < -0.39 is 8.56 Å². The predicted molar refractivity (Wildman–Crippen MR) is 143 cm³/mol. The second kappa shape index (κ2) is 13.9. The van der Waals surface area contributed by atoms with E-state index in [4.69, 9.17) is 41.4 Å². The van der Waals surface area contributed by atoms with Crippen LogP contribution in [0.2, 0.25) is 6.04 Å². The van der Waals surface area contributed by atoms with Crippen molar-refractivity contribution in [1.29, 1.82) is 0 Å². The Balaban J connectivity index is 2.17. The summed E-state index contributed by atoms with van der Waals surface area (Å²) in [5.74, 6) is 1.07. The Morgan fingerprint density at radius 3 is 2.16 bits per heavy atom. The van der Waals surface area contributed by atoms with Crippen LogP contribution in [-0.2, 0) is 6.42 Å². The van der Waals surface area contributed by atoms with Crippen molar-refractivity contribution in [3.05, 3.63) is 48.0 Å². The van der Waals surface area contributed by atoms with Gasteiger partial charge in [0.15, 0.2) is 0 Å². The van der Waals surface area contributed by atoms with Crippen molar-refractivity contribution in [3.63, 3.8) is 0 Å². The Morgan fingerprint density at radius 2 is 1.56 bits per heavy atom. The first kappa shape index (κ1) is 25.9. The summed E-state index contributed by atoms with van der Waals surface area (Å²) < 4.78 is 18.3. The minimum Gasteiger partial charge on any atom is -0.508 e. The summed E-state index contributed by atoms with van der Waals surface area (Å²) in [7, 11) is -2.94. The van der Waals surface area contributed by atoms with Gasteiger partial charge in [-0.3, -0.25) is 0 Å². The highest BCUT2D eigenvalue weighted by molar-refractivity contribution is 7.78. The number of hydrogen-bond acceptors (Lipinski definition) is 8. The number of aromatic hydroxyl groups is 1. The number of thiocarbonyl (C=S) groups is 3. The molecule has 9 heteroatoms. The van der Waals surface area contributed by atoms with Crippen molar-refractivity contribution in [3.8, 4) is 22.6 Å². The molecule has 5 nitrogen and oxygen atoms in total. The Kier molecular flexibility index (Phi) is 11.3. The fourth-order valence-electron chi connectivity index (χ4n) is 3.32. The standard InChI is InChI=1S/C23H25N3O2S3Si/c1-2-3-4-13-28-22-10-7-19(8-11-22)23-12-9-21(27)15-20(23)6-5-14-32(24-16-29,25-17-30)26-18-31/h7-12,15,27H,2-6,13-14H2,1H3. The molecule has 0 aliphatic carbocycles. The average Bonchev–Trinajstić information content (AvgIpc) is 2.78. The molecular formula is C23H25N3O2S3Si. The van der Waals surface area contributed by atoms with Gasteiger partial charge < -0.3 is 9.84 Å². The lowest BCUT2D eigenvalue weighted by Gasteiger charge is -2.14. The van der Waals surface area contributed by atoms with E-state index in [1.54, 1.807) is 12.1 Å². The Labute approximate surface area is 206 Å². The molecule has 2 aromatic rings. The van der Waals surface area contributed by atoms with Crippen molar-refractivity contribution in [1.82, 2.24) is 0 Å². The molecule has 32 heavy (non-hydrogen) atoms. The molecule has 0 saturated heterocycles. The zero-order valence-electron chi connectivity index (χ0n) is 17.9. The first-order valence-corrected chi connectivity index (χ1v) is 13.7. The number of isothiocyanates is 3. The summed E-state index contributed by atoms with van der Waals surface area (Å²) in [5, 5.41) is 17.1. The van der Waals surface area contributed by atoms with Gasteiger partial charge in [-0.1, -0.05) is 38.0 Å². The monoisotopic (exact) mass is 499 g/mol. The van der Waals surface area contributed by atoms with E-state index in [0.29, 0.717) is 18.9 Å². The molecule has 166 valence electrons. The van der Waals surface area contributed by atoms with Crippen LogP contribution in [0.1, 0.15) is 38.2 Å². The van der Waals surface area contributed by atoms with E-state index in [-0.39, 0.29) is 5.75 Å². The fourth-order valence-corrected chi connectivity index (χ4v) is 6.21. The molecule has 0 spiro atoms. The number of ether oxygens (including phenoxy) is 1. The highest BCUT2D eigenvalue weighted by Crippen LogP contribution is 2.30. The summed E-state index contributed by atoms with van der Waals surface area (Å²) in [6.45, 7) is 2.90. The molecule has 0 atom stereocenters. The summed E-state index contributed by atoms with van der Waals surface area (Å²) in [5.41, 5.74) is 3.10. The van der Waals surface area contributed by atoms with Gasteiger partial charge in [-0.15, -0.1) is 0 Å². The lowest BCUT2D eigenvalue weighted by atomic mass is 9.96. The van der Waals surface area contributed by atoms with E-state index in [1.165, 1.54) is 12.8 Å². The van der Waals surface area contributed by atoms with Crippen LogP contribution in [0.25, 0.3) is 11.1 Å². The minimum absolute atomic E-state index is 0.217. The molecule has 0 bridgehead atoms. The van der Waals surface area contributed by atoms with Gasteiger partial charge in [-0.2, -0.15) is 0 Å². The van der Waals surface area contributed by atoms with Crippen LogP contribution >= 0.6 is 36.7 Å². The number of phenols is 1. The number of hydrogen-bond donors (Lipinski definition) is 1. The summed E-state index contributed by atoms with van der Waals surface area (Å²) in [4.78, 5) is 0. The largest absolute Gasteiger partial charge is 0.508 e. The maximum absolute atomic E-state index is 10.0. The van der Waals surface area contributed by atoms with Crippen molar-refractivity contribution in [2.24, 2.45) is 14.0 Å².